The molecule has 0 radical (unpaired) electrons. The Hall–Kier alpha value is -3.54. The van der Waals surface area contributed by atoms with E-state index in [-0.39, 0.29) is 30.3 Å². The maximum Gasteiger partial charge on any atom is 0.435 e. The first-order chi connectivity index (χ1) is 14.7. The van der Waals surface area contributed by atoms with Crippen molar-refractivity contribution in [3.63, 3.8) is 0 Å². The largest absolute Gasteiger partial charge is 0.488 e. The summed E-state index contributed by atoms with van der Waals surface area (Å²) in [7, 11) is 1.44. The van der Waals surface area contributed by atoms with Crippen LogP contribution in [0, 0.1) is 11.6 Å². The molecule has 1 amide bonds. The van der Waals surface area contributed by atoms with E-state index in [4.69, 9.17) is 9.47 Å². The van der Waals surface area contributed by atoms with Crippen LogP contribution in [0.1, 0.15) is 16.2 Å². The maximum absolute atomic E-state index is 14.1. The number of benzene rings is 2. The third kappa shape index (κ3) is 5.15. The molecule has 2 aromatic carbocycles. The van der Waals surface area contributed by atoms with E-state index in [1.807, 2.05) is 0 Å². The second-order valence-electron chi connectivity index (χ2n) is 6.12. The molecule has 1 N–H and O–H groups in total. The molecule has 0 spiro atoms. The van der Waals surface area contributed by atoms with Crippen LogP contribution in [-0.4, -0.2) is 41.2 Å². The van der Waals surface area contributed by atoms with Gasteiger partial charge < -0.3 is 14.8 Å². The number of hydrogen-bond donors (Lipinski definition) is 1. The molecule has 0 atom stereocenters. The van der Waals surface area contributed by atoms with Crippen molar-refractivity contribution in [1.82, 2.24) is 15.0 Å². The Morgan fingerprint density at radius 1 is 1.13 bits per heavy atom. The molecule has 31 heavy (non-hydrogen) atoms. The van der Waals surface area contributed by atoms with Crippen LogP contribution in [0.2, 0.25) is 0 Å². The fourth-order valence-electron chi connectivity index (χ4n) is 2.60. The van der Waals surface area contributed by atoms with E-state index < -0.39 is 35.1 Å². The van der Waals surface area contributed by atoms with E-state index in [0.717, 1.165) is 18.2 Å². The summed E-state index contributed by atoms with van der Waals surface area (Å²) in [4.78, 5) is 12.4. The molecular formula is C19H15F5N4O3. The average molecular weight is 442 g/mol. The van der Waals surface area contributed by atoms with Gasteiger partial charge in [0.05, 0.1) is 12.3 Å². The number of amides is 1. The molecule has 3 rings (SSSR count). The highest BCUT2D eigenvalue weighted by molar-refractivity contribution is 6.03. The predicted octanol–water partition coefficient (Wildman–Crippen LogP) is 3.84. The highest BCUT2D eigenvalue weighted by Gasteiger charge is 2.42. The number of nitrogens with one attached hydrogen (secondary N) is 1. The van der Waals surface area contributed by atoms with E-state index in [9.17, 15) is 26.7 Å². The zero-order chi connectivity index (χ0) is 22.6. The Labute approximate surface area is 172 Å². The van der Waals surface area contributed by atoms with Crippen molar-refractivity contribution in [3.05, 3.63) is 65.5 Å². The number of nitrogens with zero attached hydrogens (tertiary/aromatic N) is 3. The van der Waals surface area contributed by atoms with Crippen LogP contribution >= 0.6 is 0 Å². The molecular weight excluding hydrogens is 427 g/mol. The highest BCUT2D eigenvalue weighted by Crippen LogP contribution is 2.33. The van der Waals surface area contributed by atoms with Gasteiger partial charge in [-0.15, -0.1) is 5.10 Å². The van der Waals surface area contributed by atoms with Gasteiger partial charge >= 0.3 is 6.18 Å². The molecule has 0 aliphatic carbocycles. The van der Waals surface area contributed by atoms with Gasteiger partial charge in [-0.2, -0.15) is 13.2 Å². The molecule has 164 valence electrons. The van der Waals surface area contributed by atoms with Gasteiger partial charge in [0.25, 0.3) is 5.91 Å². The SMILES string of the molecule is COCCOc1ccc(NC(=O)c2nnn(-c3cccc(F)c3)c2C(F)(F)F)cc1F. The normalized spacial score (nSPS) is 11.4. The standard InChI is InChI=1S/C19H15F5N4O3/c1-30-7-8-31-15-6-5-12(10-14(15)21)25-18(29)16-17(19(22,23)24)28(27-26-16)13-4-2-3-11(20)9-13/h2-6,9-10H,7-8H2,1H3,(H,25,29). The zero-order valence-corrected chi connectivity index (χ0v) is 15.9. The van der Waals surface area contributed by atoms with Gasteiger partial charge in [-0.05, 0) is 30.3 Å². The Balaban J connectivity index is 1.88. The number of halogens is 5. The Morgan fingerprint density at radius 3 is 2.55 bits per heavy atom. The molecule has 7 nitrogen and oxygen atoms in total. The lowest BCUT2D eigenvalue weighted by molar-refractivity contribution is -0.143. The van der Waals surface area contributed by atoms with Gasteiger partial charge in [-0.25, -0.2) is 13.5 Å². The number of aromatic nitrogens is 3. The first-order valence-electron chi connectivity index (χ1n) is 8.72. The quantitative estimate of drug-likeness (QED) is 0.445. The number of methoxy groups -OCH3 is 1. The molecule has 0 saturated carbocycles. The van der Waals surface area contributed by atoms with Crippen LogP contribution in [-0.2, 0) is 10.9 Å². The first-order valence-corrected chi connectivity index (χ1v) is 8.72. The molecule has 1 aromatic heterocycles. The van der Waals surface area contributed by atoms with Crippen molar-refractivity contribution in [1.29, 1.82) is 0 Å². The number of carbonyl (C=O) groups excluding carboxylic acids is 1. The van der Waals surface area contributed by atoms with Crippen molar-refractivity contribution in [2.75, 3.05) is 25.6 Å². The summed E-state index contributed by atoms with van der Waals surface area (Å²) in [5.74, 6) is -3.03. The Kier molecular flexibility index (Phi) is 6.49. The Bertz CT molecular complexity index is 1080. The number of hydrogen-bond acceptors (Lipinski definition) is 5. The summed E-state index contributed by atoms with van der Waals surface area (Å²) >= 11 is 0. The van der Waals surface area contributed by atoms with Crippen molar-refractivity contribution in [2.24, 2.45) is 0 Å². The third-order valence-corrected chi connectivity index (χ3v) is 3.94. The van der Waals surface area contributed by atoms with Gasteiger partial charge in [0.15, 0.2) is 23.0 Å². The van der Waals surface area contributed by atoms with Crippen molar-refractivity contribution >= 4 is 11.6 Å². The van der Waals surface area contributed by atoms with Gasteiger partial charge in [-0.3, -0.25) is 4.79 Å². The first kappa shape index (κ1) is 22.2. The molecule has 0 bridgehead atoms. The van der Waals surface area contributed by atoms with Crippen LogP contribution in [0.5, 0.6) is 5.75 Å². The minimum Gasteiger partial charge on any atom is -0.488 e. The van der Waals surface area contributed by atoms with Crippen LogP contribution in [0.25, 0.3) is 5.69 Å². The molecule has 0 unspecified atom stereocenters. The molecule has 0 fully saturated rings. The summed E-state index contributed by atoms with van der Waals surface area (Å²) in [6, 6.07) is 7.53. The lowest BCUT2D eigenvalue weighted by atomic mass is 10.2. The second kappa shape index (κ2) is 9.08. The van der Waals surface area contributed by atoms with E-state index >= 15 is 0 Å². The maximum atomic E-state index is 14.1. The van der Waals surface area contributed by atoms with E-state index in [0.29, 0.717) is 4.68 Å². The van der Waals surface area contributed by atoms with Crippen LogP contribution in [0.15, 0.2) is 42.5 Å². The van der Waals surface area contributed by atoms with Gasteiger partial charge in [0.2, 0.25) is 0 Å². The molecule has 0 saturated heterocycles. The predicted molar refractivity (Wildman–Crippen MR) is 98.0 cm³/mol. The molecule has 0 aliphatic heterocycles. The minimum absolute atomic E-state index is 0.0806. The number of anilines is 1. The van der Waals surface area contributed by atoms with Gasteiger partial charge in [-0.1, -0.05) is 11.3 Å². The summed E-state index contributed by atoms with van der Waals surface area (Å²) in [5, 5.41) is 8.78. The summed E-state index contributed by atoms with van der Waals surface area (Å²) in [5.41, 5.74) is -2.97. The van der Waals surface area contributed by atoms with Crippen molar-refractivity contribution in [2.45, 2.75) is 6.18 Å². The second-order valence-corrected chi connectivity index (χ2v) is 6.12. The van der Waals surface area contributed by atoms with E-state index in [2.05, 4.69) is 15.6 Å². The fourth-order valence-corrected chi connectivity index (χ4v) is 2.60. The monoisotopic (exact) mass is 442 g/mol. The fraction of sp³-hybridized carbons (Fsp3) is 0.211. The lowest BCUT2D eigenvalue weighted by Gasteiger charge is -2.12. The molecule has 3 aromatic rings. The number of ether oxygens (including phenoxy) is 2. The van der Waals surface area contributed by atoms with Crippen molar-refractivity contribution < 1.29 is 36.2 Å². The molecule has 0 aliphatic rings. The van der Waals surface area contributed by atoms with Crippen LogP contribution < -0.4 is 10.1 Å². The average Bonchev–Trinajstić information content (AvgIpc) is 3.16. The highest BCUT2D eigenvalue weighted by atomic mass is 19.4. The lowest BCUT2D eigenvalue weighted by Crippen LogP contribution is -2.21. The minimum atomic E-state index is -5.03. The molecule has 12 heteroatoms. The van der Waals surface area contributed by atoms with Crippen LogP contribution in [0.4, 0.5) is 27.6 Å². The van der Waals surface area contributed by atoms with E-state index in [1.165, 1.54) is 31.4 Å². The molecule has 1 heterocycles. The van der Waals surface area contributed by atoms with Crippen molar-refractivity contribution in [3.8, 4) is 11.4 Å². The number of rotatable bonds is 7. The van der Waals surface area contributed by atoms with E-state index in [1.54, 1.807) is 0 Å². The number of carbonyl (C=O) groups is 1. The van der Waals surface area contributed by atoms with Crippen LogP contribution in [0.3, 0.4) is 0 Å². The Morgan fingerprint density at radius 2 is 1.90 bits per heavy atom. The summed E-state index contributed by atoms with van der Waals surface area (Å²) < 4.78 is 78.6. The van der Waals surface area contributed by atoms with Gasteiger partial charge in [0.1, 0.15) is 12.4 Å². The summed E-state index contributed by atoms with van der Waals surface area (Å²) in [6.45, 7) is 0.302. The third-order valence-electron chi connectivity index (χ3n) is 3.94. The smallest absolute Gasteiger partial charge is 0.435 e. The number of alkyl halides is 3. The zero-order valence-electron chi connectivity index (χ0n) is 15.9. The van der Waals surface area contributed by atoms with Gasteiger partial charge in [0, 0.05) is 18.9 Å². The summed E-state index contributed by atoms with van der Waals surface area (Å²) in [6.07, 6.45) is -5.03. The topological polar surface area (TPSA) is 78.3 Å².